The molecule has 0 fully saturated rings. The van der Waals surface area contributed by atoms with Gasteiger partial charge in [0.1, 0.15) is 24.2 Å². The summed E-state index contributed by atoms with van der Waals surface area (Å²) in [6.45, 7) is -0.0557. The van der Waals surface area contributed by atoms with Crippen molar-refractivity contribution >= 4 is 23.3 Å². The number of hydrogen-bond donors (Lipinski definition) is 3. The molecule has 1 unspecified atom stereocenters. The van der Waals surface area contributed by atoms with Crippen LogP contribution in [0.2, 0.25) is 0 Å². The highest BCUT2D eigenvalue weighted by Gasteiger charge is 2.21. The number of imidazole rings is 1. The summed E-state index contributed by atoms with van der Waals surface area (Å²) >= 11 is 0. The normalized spacial score (nSPS) is 12.3. The number of hydrazone groups is 1. The smallest absolute Gasteiger partial charge is 0.332 e. The molecular formula is C23H24N6O5. The fourth-order valence-electron chi connectivity index (χ4n) is 3.41. The van der Waals surface area contributed by atoms with Crippen LogP contribution in [0.15, 0.2) is 69.3 Å². The molecule has 2 heterocycles. The average Bonchev–Trinajstić information content (AvgIpc) is 3.20. The zero-order valence-corrected chi connectivity index (χ0v) is 18.6. The molecule has 2 aromatic heterocycles. The molecule has 3 N–H and O–H groups in total. The summed E-state index contributed by atoms with van der Waals surface area (Å²) in [4.78, 5) is 29.7. The van der Waals surface area contributed by atoms with E-state index in [1.165, 1.54) is 41.6 Å². The van der Waals surface area contributed by atoms with Crippen LogP contribution in [0.5, 0.6) is 11.5 Å². The van der Waals surface area contributed by atoms with Gasteiger partial charge in [0.2, 0.25) is 5.95 Å². The zero-order valence-electron chi connectivity index (χ0n) is 18.6. The van der Waals surface area contributed by atoms with Crippen molar-refractivity contribution in [3.8, 4) is 11.5 Å². The van der Waals surface area contributed by atoms with Crippen LogP contribution in [0, 0.1) is 0 Å². The van der Waals surface area contributed by atoms with Crippen molar-refractivity contribution in [2.45, 2.75) is 12.6 Å². The van der Waals surface area contributed by atoms with E-state index in [4.69, 9.17) is 4.74 Å². The van der Waals surface area contributed by atoms with E-state index in [1.807, 2.05) is 18.2 Å². The first-order chi connectivity index (χ1) is 16.3. The first-order valence-electron chi connectivity index (χ1n) is 10.5. The Morgan fingerprint density at radius 1 is 1.09 bits per heavy atom. The summed E-state index contributed by atoms with van der Waals surface area (Å²) in [5.74, 6) is 0.907. The second kappa shape index (κ2) is 9.63. The minimum Gasteiger partial charge on any atom is -0.508 e. The Balaban J connectivity index is 1.66. The molecule has 0 aliphatic heterocycles. The number of aryl methyl sites for hydroxylation is 1. The lowest BCUT2D eigenvalue weighted by atomic mass is 10.2. The van der Waals surface area contributed by atoms with Crippen LogP contribution in [-0.4, -0.2) is 47.8 Å². The van der Waals surface area contributed by atoms with Gasteiger partial charge in [0.25, 0.3) is 5.56 Å². The predicted octanol–water partition coefficient (Wildman–Crippen LogP) is 1.03. The minimum atomic E-state index is -0.985. The third kappa shape index (κ3) is 4.69. The van der Waals surface area contributed by atoms with E-state index in [0.29, 0.717) is 11.3 Å². The number of aromatic nitrogens is 4. The quantitative estimate of drug-likeness (QED) is 0.262. The van der Waals surface area contributed by atoms with Crippen molar-refractivity contribution in [2.75, 3.05) is 12.0 Å². The van der Waals surface area contributed by atoms with Gasteiger partial charge < -0.3 is 19.5 Å². The standard InChI is InChI=1S/C23H24N6O5/c1-27-20-19(21(32)28(2)23(27)33)29(13-17(31)14-34-18-6-4-3-5-7-18)22(25-20)26-24-12-15-8-10-16(30)11-9-15/h3-12,17,30-31H,13-14H2,1-2H3,(H,25,26)/b24-12+. The van der Waals surface area contributed by atoms with Crippen LogP contribution in [0.3, 0.4) is 0 Å². The zero-order chi connectivity index (χ0) is 24.2. The van der Waals surface area contributed by atoms with E-state index in [1.54, 1.807) is 24.3 Å². The number of ether oxygens (including phenoxy) is 1. The molecule has 11 nitrogen and oxygen atoms in total. The number of para-hydroxylation sites is 1. The third-order valence-electron chi connectivity index (χ3n) is 5.20. The van der Waals surface area contributed by atoms with E-state index in [0.717, 1.165) is 4.57 Å². The Morgan fingerprint density at radius 2 is 1.79 bits per heavy atom. The fraction of sp³-hybridized carbons (Fsp3) is 0.217. The molecule has 34 heavy (non-hydrogen) atoms. The van der Waals surface area contributed by atoms with Crippen LogP contribution in [0.25, 0.3) is 11.2 Å². The molecule has 0 aliphatic carbocycles. The van der Waals surface area contributed by atoms with Gasteiger partial charge in [0, 0.05) is 14.1 Å². The Labute approximate surface area is 193 Å². The molecule has 0 aliphatic rings. The molecular weight excluding hydrogens is 440 g/mol. The maximum absolute atomic E-state index is 12.9. The van der Waals surface area contributed by atoms with E-state index in [9.17, 15) is 19.8 Å². The average molecular weight is 464 g/mol. The number of nitrogens with zero attached hydrogens (tertiary/aromatic N) is 5. The number of aromatic hydroxyl groups is 1. The number of anilines is 1. The number of aliphatic hydroxyl groups excluding tert-OH is 1. The molecule has 0 spiro atoms. The molecule has 11 heteroatoms. The van der Waals surface area contributed by atoms with Gasteiger partial charge in [0.05, 0.1) is 12.8 Å². The van der Waals surface area contributed by atoms with Gasteiger partial charge in [0.15, 0.2) is 11.2 Å². The Morgan fingerprint density at radius 3 is 2.50 bits per heavy atom. The van der Waals surface area contributed by atoms with E-state index in [-0.39, 0.29) is 36.0 Å². The van der Waals surface area contributed by atoms with Crippen molar-refractivity contribution in [2.24, 2.45) is 19.2 Å². The fourth-order valence-corrected chi connectivity index (χ4v) is 3.41. The van der Waals surface area contributed by atoms with Gasteiger partial charge in [-0.25, -0.2) is 10.2 Å². The second-order valence-corrected chi connectivity index (χ2v) is 7.66. The summed E-state index contributed by atoms with van der Waals surface area (Å²) in [6, 6.07) is 15.5. The Hall–Kier alpha value is -4.38. The molecule has 0 bridgehead atoms. The highest BCUT2D eigenvalue weighted by molar-refractivity contribution is 5.80. The van der Waals surface area contributed by atoms with Crippen molar-refractivity contribution < 1.29 is 14.9 Å². The highest BCUT2D eigenvalue weighted by Crippen LogP contribution is 2.17. The minimum absolute atomic E-state index is 0.0218. The van der Waals surface area contributed by atoms with Crippen molar-refractivity contribution in [3.63, 3.8) is 0 Å². The maximum atomic E-state index is 12.9. The molecule has 1 atom stereocenters. The lowest BCUT2D eigenvalue weighted by molar-refractivity contribution is 0.0938. The highest BCUT2D eigenvalue weighted by atomic mass is 16.5. The first kappa shape index (κ1) is 22.8. The molecule has 0 radical (unpaired) electrons. The molecule has 0 saturated carbocycles. The summed E-state index contributed by atoms with van der Waals surface area (Å²) in [6.07, 6.45) is 0.524. The van der Waals surface area contributed by atoms with Crippen molar-refractivity contribution in [3.05, 3.63) is 81.0 Å². The van der Waals surface area contributed by atoms with Crippen LogP contribution >= 0.6 is 0 Å². The number of rotatable bonds is 8. The van der Waals surface area contributed by atoms with Gasteiger partial charge in [-0.2, -0.15) is 10.1 Å². The lowest BCUT2D eigenvalue weighted by Gasteiger charge is -2.15. The van der Waals surface area contributed by atoms with Gasteiger partial charge in [-0.1, -0.05) is 18.2 Å². The first-order valence-corrected chi connectivity index (χ1v) is 10.5. The van der Waals surface area contributed by atoms with Gasteiger partial charge in [-0.05, 0) is 42.0 Å². The molecule has 0 saturated heterocycles. The maximum Gasteiger partial charge on any atom is 0.332 e. The summed E-state index contributed by atoms with van der Waals surface area (Å²) in [5, 5.41) is 24.2. The van der Waals surface area contributed by atoms with Crippen LogP contribution < -0.4 is 21.4 Å². The second-order valence-electron chi connectivity index (χ2n) is 7.66. The number of hydrogen-bond acceptors (Lipinski definition) is 8. The number of benzene rings is 2. The number of nitrogens with one attached hydrogen (secondary N) is 1. The summed E-state index contributed by atoms with van der Waals surface area (Å²) < 4.78 is 9.34. The lowest BCUT2D eigenvalue weighted by Crippen LogP contribution is -2.38. The molecule has 4 aromatic rings. The van der Waals surface area contributed by atoms with Crippen LogP contribution in [0.4, 0.5) is 5.95 Å². The van der Waals surface area contributed by atoms with Crippen molar-refractivity contribution in [1.82, 2.24) is 18.7 Å². The number of fused-ring (bicyclic) bond motifs is 1. The Kier molecular flexibility index (Phi) is 6.46. The predicted molar refractivity (Wildman–Crippen MR) is 127 cm³/mol. The number of phenolic OH excluding ortho intramolecular Hbond substituents is 1. The Bertz CT molecular complexity index is 1440. The van der Waals surface area contributed by atoms with Crippen LogP contribution in [-0.2, 0) is 20.6 Å². The summed E-state index contributed by atoms with van der Waals surface area (Å²) in [7, 11) is 2.90. The van der Waals surface area contributed by atoms with Crippen LogP contribution in [0.1, 0.15) is 5.56 Å². The van der Waals surface area contributed by atoms with Gasteiger partial charge in [-0.3, -0.25) is 13.9 Å². The van der Waals surface area contributed by atoms with Crippen molar-refractivity contribution in [1.29, 1.82) is 0 Å². The topological polar surface area (TPSA) is 136 Å². The molecule has 4 rings (SSSR count). The van der Waals surface area contributed by atoms with E-state index in [2.05, 4.69) is 15.5 Å². The molecule has 176 valence electrons. The van der Waals surface area contributed by atoms with E-state index < -0.39 is 17.4 Å². The van der Waals surface area contributed by atoms with Gasteiger partial charge in [-0.15, -0.1) is 0 Å². The summed E-state index contributed by atoms with van der Waals surface area (Å²) in [5.41, 5.74) is 2.74. The number of aliphatic hydroxyl groups is 1. The monoisotopic (exact) mass is 464 g/mol. The van der Waals surface area contributed by atoms with E-state index >= 15 is 0 Å². The SMILES string of the molecule is Cn1c(=O)c2c(nc(N/N=C/c3ccc(O)cc3)n2CC(O)COc2ccccc2)n(C)c1=O. The molecule has 2 aromatic carbocycles. The number of phenols is 1. The third-order valence-corrected chi connectivity index (χ3v) is 5.20. The largest absolute Gasteiger partial charge is 0.508 e. The molecule has 0 amide bonds. The van der Waals surface area contributed by atoms with Gasteiger partial charge >= 0.3 is 5.69 Å².